The van der Waals surface area contributed by atoms with Crippen LogP contribution >= 0.6 is 0 Å². The number of nitrogens with one attached hydrogen (secondary N) is 2. The fourth-order valence-electron chi connectivity index (χ4n) is 2.74. The lowest BCUT2D eigenvalue weighted by molar-refractivity contribution is -0.137. The van der Waals surface area contributed by atoms with E-state index in [4.69, 9.17) is 0 Å². The molecule has 6 heteroatoms. The number of rotatable bonds is 8. The number of likely N-dealkylation sites (N-methyl/N-ethyl adjacent to an activating group) is 1. The van der Waals surface area contributed by atoms with Crippen molar-refractivity contribution in [1.82, 2.24) is 15.5 Å². The zero-order valence-corrected chi connectivity index (χ0v) is 15.9. The van der Waals surface area contributed by atoms with Gasteiger partial charge in [-0.3, -0.25) is 19.3 Å². The Morgan fingerprint density at radius 1 is 1.12 bits per heavy atom. The van der Waals surface area contributed by atoms with Gasteiger partial charge in [0.25, 0.3) is 11.8 Å². The van der Waals surface area contributed by atoms with Crippen LogP contribution in [-0.2, 0) is 14.4 Å². The minimum Gasteiger partial charge on any atom is -0.351 e. The fourth-order valence-corrected chi connectivity index (χ4v) is 2.74. The van der Waals surface area contributed by atoms with Gasteiger partial charge in [-0.25, -0.2) is 0 Å². The van der Waals surface area contributed by atoms with Crippen molar-refractivity contribution in [3.8, 4) is 0 Å². The maximum atomic E-state index is 12.6. The molecule has 0 saturated heterocycles. The largest absolute Gasteiger partial charge is 0.351 e. The van der Waals surface area contributed by atoms with Gasteiger partial charge in [0.15, 0.2) is 0 Å². The van der Waals surface area contributed by atoms with Crippen LogP contribution in [-0.4, -0.2) is 47.8 Å². The molecule has 0 spiro atoms. The Bertz CT molecular complexity index is 520. The lowest BCUT2D eigenvalue weighted by atomic mass is 9.81. The Labute approximate surface area is 145 Å². The average molecular weight is 337 g/mol. The Morgan fingerprint density at radius 3 is 2.08 bits per heavy atom. The molecule has 0 fully saturated rings. The molecule has 1 heterocycles. The fraction of sp³-hybridized carbons (Fsp3) is 0.722. The molecule has 0 aliphatic carbocycles. The Balaban J connectivity index is 2.62. The van der Waals surface area contributed by atoms with Gasteiger partial charge >= 0.3 is 0 Å². The summed E-state index contributed by atoms with van der Waals surface area (Å²) in [7, 11) is 1.87. The highest BCUT2D eigenvalue weighted by molar-refractivity contribution is 6.12. The van der Waals surface area contributed by atoms with Crippen molar-refractivity contribution in [3.63, 3.8) is 0 Å². The predicted octanol–water partition coefficient (Wildman–Crippen LogP) is 1.47. The lowest BCUT2D eigenvalue weighted by Crippen LogP contribution is -2.56. The highest BCUT2D eigenvalue weighted by Crippen LogP contribution is 2.27. The zero-order valence-electron chi connectivity index (χ0n) is 15.9. The molecule has 2 unspecified atom stereocenters. The summed E-state index contributed by atoms with van der Waals surface area (Å²) in [5, 5.41) is 6.26. The van der Waals surface area contributed by atoms with Crippen molar-refractivity contribution in [2.24, 2.45) is 11.3 Å². The third-order valence-corrected chi connectivity index (χ3v) is 4.94. The first kappa shape index (κ1) is 20.4. The molecule has 24 heavy (non-hydrogen) atoms. The van der Waals surface area contributed by atoms with E-state index in [-0.39, 0.29) is 35.2 Å². The molecule has 0 aromatic carbocycles. The number of carbonyl (C=O) groups is 3. The van der Waals surface area contributed by atoms with Crippen molar-refractivity contribution < 1.29 is 14.4 Å². The minimum atomic E-state index is -0.587. The van der Waals surface area contributed by atoms with Crippen molar-refractivity contribution in [2.45, 2.75) is 59.5 Å². The molecule has 2 atom stereocenters. The maximum absolute atomic E-state index is 12.6. The van der Waals surface area contributed by atoms with E-state index < -0.39 is 5.41 Å². The van der Waals surface area contributed by atoms with E-state index >= 15 is 0 Å². The van der Waals surface area contributed by atoms with E-state index in [1.165, 1.54) is 17.1 Å². The first-order valence-electron chi connectivity index (χ1n) is 8.44. The number of carbonyl (C=O) groups excluding carboxylic acids is 3. The van der Waals surface area contributed by atoms with Crippen LogP contribution in [0, 0.1) is 11.3 Å². The van der Waals surface area contributed by atoms with E-state index in [1.807, 2.05) is 48.6 Å². The van der Waals surface area contributed by atoms with E-state index in [1.54, 1.807) is 0 Å². The first-order valence-corrected chi connectivity index (χ1v) is 8.44. The third kappa shape index (κ3) is 4.90. The van der Waals surface area contributed by atoms with Gasteiger partial charge in [0.2, 0.25) is 5.91 Å². The molecular weight excluding hydrogens is 306 g/mol. The number of imide groups is 1. The summed E-state index contributed by atoms with van der Waals surface area (Å²) in [6.07, 6.45) is 3.16. The smallest absolute Gasteiger partial charge is 0.253 e. The molecular formula is C18H31N3O3. The van der Waals surface area contributed by atoms with Crippen LogP contribution in [0.1, 0.15) is 48.0 Å². The van der Waals surface area contributed by atoms with Crippen molar-refractivity contribution >= 4 is 17.7 Å². The second kappa shape index (κ2) is 7.47. The molecule has 0 aromatic rings. The standard InChI is InChI=1S/C18H31N3O3/c1-12(11-21-14(22)8-9-15(21)23)10-17(3,4)16(24)20-13(2)18(5,6)19-7/h8-9,12-13,19H,10-11H2,1-7H3,(H,20,24). The molecule has 136 valence electrons. The maximum Gasteiger partial charge on any atom is 0.253 e. The molecule has 3 amide bonds. The molecule has 1 aliphatic heterocycles. The van der Waals surface area contributed by atoms with E-state index in [0.717, 1.165) is 0 Å². The summed E-state index contributed by atoms with van der Waals surface area (Å²) >= 11 is 0. The van der Waals surface area contributed by atoms with Gasteiger partial charge in [0.1, 0.15) is 0 Å². The first-order chi connectivity index (χ1) is 10.9. The highest BCUT2D eigenvalue weighted by Gasteiger charge is 2.35. The van der Waals surface area contributed by atoms with Crippen LogP contribution in [0.3, 0.4) is 0 Å². The minimum absolute atomic E-state index is 0.0256. The summed E-state index contributed by atoms with van der Waals surface area (Å²) in [4.78, 5) is 37.1. The average Bonchev–Trinajstić information content (AvgIpc) is 2.78. The Morgan fingerprint density at radius 2 is 1.62 bits per heavy atom. The SMILES string of the molecule is CNC(C)(C)C(C)NC(=O)C(C)(C)CC(C)CN1C(=O)C=CC1=O. The number of amides is 3. The second-order valence-corrected chi connectivity index (χ2v) is 7.98. The van der Waals surface area contributed by atoms with E-state index in [2.05, 4.69) is 10.6 Å². The third-order valence-electron chi connectivity index (χ3n) is 4.94. The molecule has 0 saturated carbocycles. The normalized spacial score (nSPS) is 18.0. The van der Waals surface area contributed by atoms with Crippen molar-refractivity contribution in [1.29, 1.82) is 0 Å². The van der Waals surface area contributed by atoms with Crippen LogP contribution in [0.25, 0.3) is 0 Å². The molecule has 0 aromatic heterocycles. The van der Waals surface area contributed by atoms with Gasteiger partial charge in [0, 0.05) is 35.7 Å². The molecule has 2 N–H and O–H groups in total. The van der Waals surface area contributed by atoms with Gasteiger partial charge < -0.3 is 10.6 Å². The molecule has 0 radical (unpaired) electrons. The van der Waals surface area contributed by atoms with Crippen LogP contribution < -0.4 is 10.6 Å². The number of hydrogen-bond acceptors (Lipinski definition) is 4. The van der Waals surface area contributed by atoms with Crippen LogP contribution in [0.15, 0.2) is 12.2 Å². The van der Waals surface area contributed by atoms with Crippen molar-refractivity contribution in [3.05, 3.63) is 12.2 Å². The monoisotopic (exact) mass is 337 g/mol. The lowest BCUT2D eigenvalue weighted by Gasteiger charge is -2.35. The highest BCUT2D eigenvalue weighted by atomic mass is 16.2. The van der Waals surface area contributed by atoms with Gasteiger partial charge in [-0.1, -0.05) is 20.8 Å². The summed E-state index contributed by atoms with van der Waals surface area (Å²) < 4.78 is 0. The Kier molecular flexibility index (Phi) is 6.33. The van der Waals surface area contributed by atoms with E-state index in [0.29, 0.717) is 13.0 Å². The van der Waals surface area contributed by atoms with Gasteiger partial charge in [-0.05, 0) is 40.2 Å². The quantitative estimate of drug-likeness (QED) is 0.658. The zero-order chi connectivity index (χ0) is 18.7. The van der Waals surface area contributed by atoms with E-state index in [9.17, 15) is 14.4 Å². The van der Waals surface area contributed by atoms with Gasteiger partial charge in [0.05, 0.1) is 0 Å². The topological polar surface area (TPSA) is 78.5 Å². The Hall–Kier alpha value is -1.69. The number of nitrogens with zero attached hydrogens (tertiary/aromatic N) is 1. The van der Waals surface area contributed by atoms with Gasteiger partial charge in [-0.2, -0.15) is 0 Å². The summed E-state index contributed by atoms with van der Waals surface area (Å²) in [5.74, 6) is -0.550. The van der Waals surface area contributed by atoms with Gasteiger partial charge in [-0.15, -0.1) is 0 Å². The summed E-state index contributed by atoms with van der Waals surface area (Å²) in [6, 6.07) is -0.0319. The summed E-state index contributed by atoms with van der Waals surface area (Å²) in [5.41, 5.74) is -0.797. The molecule has 0 bridgehead atoms. The predicted molar refractivity (Wildman–Crippen MR) is 94.2 cm³/mol. The van der Waals surface area contributed by atoms with Crippen LogP contribution in [0.5, 0.6) is 0 Å². The van der Waals surface area contributed by atoms with Crippen LogP contribution in [0.2, 0.25) is 0 Å². The second-order valence-electron chi connectivity index (χ2n) is 7.98. The van der Waals surface area contributed by atoms with Crippen LogP contribution in [0.4, 0.5) is 0 Å². The molecule has 1 aliphatic rings. The molecule has 1 rings (SSSR count). The summed E-state index contributed by atoms with van der Waals surface area (Å²) in [6.45, 7) is 12.1. The molecule has 6 nitrogen and oxygen atoms in total. The van der Waals surface area contributed by atoms with Crippen molar-refractivity contribution in [2.75, 3.05) is 13.6 Å². The number of hydrogen-bond donors (Lipinski definition) is 2.